The Morgan fingerprint density at radius 2 is 1.32 bits per heavy atom. The zero-order chi connectivity index (χ0) is 14.5. The molecule has 110 valence electrons. The molecule has 0 atom stereocenters. The van der Waals surface area contributed by atoms with Crippen LogP contribution in [0.3, 0.4) is 0 Å². The monoisotopic (exact) mass is 284 g/mol. The van der Waals surface area contributed by atoms with Gasteiger partial charge in [0.25, 0.3) is 0 Å². The molecule has 0 N–H and O–H groups in total. The molecule has 0 aliphatic heterocycles. The minimum absolute atomic E-state index is 0.0935. The standard InChI is InChI=1S/C15H28O3Si/c1-12(2)16-19(17-13(3)4,18-14(5)6)15-10-8-7-9-11-15/h7-8,11-14H,9-10H2,1-6H3. The Bertz CT molecular complexity index is 306. The Kier molecular flexibility index (Phi) is 6.46. The molecule has 0 aromatic heterocycles. The topological polar surface area (TPSA) is 27.7 Å². The van der Waals surface area contributed by atoms with Gasteiger partial charge in [-0.25, -0.2) is 0 Å². The van der Waals surface area contributed by atoms with E-state index in [0.29, 0.717) is 0 Å². The molecule has 0 amide bonds. The zero-order valence-corrected chi connectivity index (χ0v) is 14.1. The summed E-state index contributed by atoms with van der Waals surface area (Å²) in [4.78, 5) is 0. The first kappa shape index (κ1) is 16.6. The Hall–Kier alpha value is -0.423. The van der Waals surface area contributed by atoms with E-state index in [2.05, 4.69) is 18.2 Å². The zero-order valence-electron chi connectivity index (χ0n) is 13.1. The molecular formula is C15H28O3Si. The van der Waals surface area contributed by atoms with Crippen LogP contribution < -0.4 is 0 Å². The summed E-state index contributed by atoms with van der Waals surface area (Å²) in [5.74, 6) is 0. The molecular weight excluding hydrogens is 256 g/mol. The van der Waals surface area contributed by atoms with Gasteiger partial charge in [-0.3, -0.25) is 0 Å². The third-order valence-electron chi connectivity index (χ3n) is 2.57. The Morgan fingerprint density at radius 3 is 1.63 bits per heavy atom. The largest absolute Gasteiger partial charge is 0.533 e. The molecule has 4 heteroatoms. The maximum atomic E-state index is 6.19. The molecule has 3 nitrogen and oxygen atoms in total. The van der Waals surface area contributed by atoms with Gasteiger partial charge in [-0.1, -0.05) is 18.2 Å². The van der Waals surface area contributed by atoms with Crippen molar-refractivity contribution in [1.82, 2.24) is 0 Å². The Balaban J connectivity index is 3.04. The third-order valence-corrected chi connectivity index (χ3v) is 6.11. The van der Waals surface area contributed by atoms with E-state index in [1.165, 1.54) is 5.20 Å². The molecule has 1 aliphatic rings. The molecule has 0 spiro atoms. The predicted octanol–water partition coefficient (Wildman–Crippen LogP) is 4.02. The van der Waals surface area contributed by atoms with Crippen LogP contribution in [-0.4, -0.2) is 27.1 Å². The fourth-order valence-corrected chi connectivity index (χ4v) is 5.31. The molecule has 0 fully saturated rings. The van der Waals surface area contributed by atoms with Crippen LogP contribution >= 0.6 is 0 Å². The number of hydrogen-bond acceptors (Lipinski definition) is 3. The van der Waals surface area contributed by atoms with E-state index in [-0.39, 0.29) is 18.3 Å². The molecule has 1 aliphatic carbocycles. The van der Waals surface area contributed by atoms with Crippen LogP contribution in [0.4, 0.5) is 0 Å². The molecule has 0 aromatic carbocycles. The van der Waals surface area contributed by atoms with Crippen molar-refractivity contribution in [3.8, 4) is 0 Å². The Morgan fingerprint density at radius 1 is 0.842 bits per heavy atom. The van der Waals surface area contributed by atoms with E-state index in [9.17, 15) is 0 Å². The van der Waals surface area contributed by atoms with Gasteiger partial charge in [-0.05, 0) is 54.4 Å². The lowest BCUT2D eigenvalue weighted by Gasteiger charge is -2.36. The highest BCUT2D eigenvalue weighted by molar-refractivity contribution is 6.69. The molecule has 0 heterocycles. The molecule has 0 radical (unpaired) electrons. The van der Waals surface area contributed by atoms with Crippen LogP contribution in [-0.2, 0) is 13.3 Å². The van der Waals surface area contributed by atoms with E-state index in [4.69, 9.17) is 13.3 Å². The lowest BCUT2D eigenvalue weighted by atomic mass is 10.2. The van der Waals surface area contributed by atoms with Crippen LogP contribution in [0.1, 0.15) is 54.4 Å². The first-order valence-corrected chi connectivity index (χ1v) is 8.96. The SMILES string of the molecule is CC(C)O[Si](OC(C)C)(OC(C)C)C1=CCC=CC1. The maximum absolute atomic E-state index is 6.19. The number of hydrogen-bond donors (Lipinski definition) is 0. The van der Waals surface area contributed by atoms with Gasteiger partial charge in [-0.2, -0.15) is 0 Å². The summed E-state index contributed by atoms with van der Waals surface area (Å²) in [5, 5.41) is 1.20. The second-order valence-electron chi connectivity index (χ2n) is 5.70. The van der Waals surface area contributed by atoms with Crippen molar-refractivity contribution in [2.45, 2.75) is 72.7 Å². The van der Waals surface area contributed by atoms with Crippen LogP contribution in [0.2, 0.25) is 0 Å². The number of allylic oxidation sites excluding steroid dienone is 4. The van der Waals surface area contributed by atoms with Crippen molar-refractivity contribution < 1.29 is 13.3 Å². The van der Waals surface area contributed by atoms with Crippen molar-refractivity contribution in [1.29, 1.82) is 0 Å². The molecule has 0 saturated heterocycles. The normalized spacial score (nSPS) is 16.6. The second-order valence-corrected chi connectivity index (χ2v) is 8.16. The van der Waals surface area contributed by atoms with Gasteiger partial charge in [0.15, 0.2) is 0 Å². The summed E-state index contributed by atoms with van der Waals surface area (Å²) in [6, 6.07) is 0. The highest BCUT2D eigenvalue weighted by Crippen LogP contribution is 2.29. The van der Waals surface area contributed by atoms with E-state index in [0.717, 1.165) is 12.8 Å². The van der Waals surface area contributed by atoms with Crippen molar-refractivity contribution in [2.75, 3.05) is 0 Å². The molecule has 0 aromatic rings. The summed E-state index contributed by atoms with van der Waals surface area (Å²) in [6.07, 6.45) is 8.64. The predicted molar refractivity (Wildman–Crippen MR) is 80.9 cm³/mol. The molecule has 0 bridgehead atoms. The first-order chi connectivity index (χ1) is 8.85. The summed E-state index contributed by atoms with van der Waals surface area (Å²) < 4.78 is 18.6. The fraction of sp³-hybridized carbons (Fsp3) is 0.733. The Labute approximate surface area is 119 Å². The van der Waals surface area contributed by atoms with Gasteiger partial charge < -0.3 is 13.3 Å². The fourth-order valence-electron chi connectivity index (χ4n) is 2.09. The summed E-state index contributed by atoms with van der Waals surface area (Å²) in [5.41, 5.74) is 0. The van der Waals surface area contributed by atoms with E-state index in [1.807, 2.05) is 41.5 Å². The molecule has 1 rings (SSSR count). The van der Waals surface area contributed by atoms with E-state index < -0.39 is 8.80 Å². The highest BCUT2D eigenvalue weighted by Gasteiger charge is 2.48. The average Bonchev–Trinajstić information content (AvgIpc) is 2.27. The number of rotatable bonds is 7. The van der Waals surface area contributed by atoms with Crippen molar-refractivity contribution in [3.05, 3.63) is 23.4 Å². The van der Waals surface area contributed by atoms with Crippen molar-refractivity contribution in [2.24, 2.45) is 0 Å². The minimum atomic E-state index is -2.77. The summed E-state index contributed by atoms with van der Waals surface area (Å²) in [6.45, 7) is 12.2. The van der Waals surface area contributed by atoms with Crippen LogP contribution in [0.15, 0.2) is 23.4 Å². The third kappa shape index (κ3) is 5.22. The minimum Gasteiger partial charge on any atom is -0.368 e. The highest BCUT2D eigenvalue weighted by atomic mass is 28.4. The summed E-state index contributed by atoms with van der Waals surface area (Å²) >= 11 is 0. The van der Waals surface area contributed by atoms with Gasteiger partial charge in [-0.15, -0.1) is 0 Å². The lowest BCUT2D eigenvalue weighted by molar-refractivity contribution is 0.0105. The quantitative estimate of drug-likeness (QED) is 0.522. The van der Waals surface area contributed by atoms with Crippen molar-refractivity contribution in [3.63, 3.8) is 0 Å². The smallest absolute Gasteiger partial charge is 0.368 e. The molecule has 0 unspecified atom stereocenters. The van der Waals surface area contributed by atoms with Crippen LogP contribution in [0, 0.1) is 0 Å². The van der Waals surface area contributed by atoms with Gasteiger partial charge in [0.05, 0.1) is 0 Å². The van der Waals surface area contributed by atoms with Crippen LogP contribution in [0.25, 0.3) is 0 Å². The van der Waals surface area contributed by atoms with Crippen LogP contribution in [0.5, 0.6) is 0 Å². The first-order valence-electron chi connectivity index (χ1n) is 7.23. The van der Waals surface area contributed by atoms with E-state index in [1.54, 1.807) is 0 Å². The molecule has 19 heavy (non-hydrogen) atoms. The lowest BCUT2D eigenvalue weighted by Crippen LogP contribution is -2.52. The second kappa shape index (κ2) is 7.38. The average molecular weight is 284 g/mol. The van der Waals surface area contributed by atoms with Gasteiger partial charge >= 0.3 is 8.80 Å². The van der Waals surface area contributed by atoms with Crippen molar-refractivity contribution >= 4 is 8.80 Å². The van der Waals surface area contributed by atoms with E-state index >= 15 is 0 Å². The molecule has 0 saturated carbocycles. The van der Waals surface area contributed by atoms with Gasteiger partial charge in [0.1, 0.15) is 0 Å². The summed E-state index contributed by atoms with van der Waals surface area (Å²) in [7, 11) is -2.77. The maximum Gasteiger partial charge on any atom is 0.533 e. The van der Waals surface area contributed by atoms with Gasteiger partial charge in [0, 0.05) is 23.5 Å². The van der Waals surface area contributed by atoms with Gasteiger partial charge in [0.2, 0.25) is 0 Å².